The summed E-state index contributed by atoms with van der Waals surface area (Å²) in [5, 5.41) is 7.58. The van der Waals surface area contributed by atoms with Crippen molar-refractivity contribution in [2.45, 2.75) is 13.3 Å². The molecule has 0 radical (unpaired) electrons. The quantitative estimate of drug-likeness (QED) is 0.514. The van der Waals surface area contributed by atoms with Gasteiger partial charge in [-0.15, -0.1) is 5.10 Å². The van der Waals surface area contributed by atoms with E-state index in [1.807, 2.05) is 19.1 Å². The summed E-state index contributed by atoms with van der Waals surface area (Å²) in [6, 6.07) is 3.67. The molecule has 31 heavy (non-hydrogen) atoms. The first kappa shape index (κ1) is 21.1. The fraction of sp³-hybridized carbons (Fsp3) is 0.476. The van der Waals surface area contributed by atoms with Crippen molar-refractivity contribution in [2.24, 2.45) is 0 Å². The molecule has 1 saturated heterocycles. The van der Waals surface area contributed by atoms with Gasteiger partial charge in [0.15, 0.2) is 11.5 Å². The summed E-state index contributed by atoms with van der Waals surface area (Å²) in [6.45, 7) is 6.96. The average molecular weight is 429 g/mol. The molecule has 0 atom stereocenters. The minimum absolute atomic E-state index is 0.386. The minimum Gasteiger partial charge on any atom is -0.493 e. The maximum atomic E-state index is 6.01. The molecule has 0 amide bonds. The molecule has 10 heteroatoms. The van der Waals surface area contributed by atoms with Gasteiger partial charge in [-0.2, -0.15) is 0 Å². The van der Waals surface area contributed by atoms with Gasteiger partial charge in [0, 0.05) is 25.7 Å². The number of benzene rings is 1. The summed E-state index contributed by atoms with van der Waals surface area (Å²) in [5.41, 5.74) is 1.44. The first-order valence-electron chi connectivity index (χ1n) is 10.2. The van der Waals surface area contributed by atoms with Gasteiger partial charge >= 0.3 is 0 Å². The van der Waals surface area contributed by atoms with Gasteiger partial charge < -0.3 is 23.7 Å². The fourth-order valence-corrected chi connectivity index (χ4v) is 3.45. The molecule has 1 N–H and O–H groups in total. The number of aromatic amines is 1. The number of ether oxygens (including phenoxy) is 5. The molecule has 3 heterocycles. The molecular formula is C21H27N5O5. The van der Waals surface area contributed by atoms with Crippen LogP contribution < -0.4 is 18.9 Å². The molecule has 166 valence electrons. The topological polar surface area (TPSA) is 104 Å². The number of hydrogen-bond acceptors (Lipinski definition) is 9. The number of morpholine rings is 1. The highest BCUT2D eigenvalue weighted by molar-refractivity contribution is 5.87. The van der Waals surface area contributed by atoms with Crippen LogP contribution in [0.2, 0.25) is 0 Å². The Morgan fingerprint density at radius 3 is 2.65 bits per heavy atom. The van der Waals surface area contributed by atoms with Crippen molar-refractivity contribution >= 4 is 10.9 Å². The van der Waals surface area contributed by atoms with Gasteiger partial charge in [0.25, 0.3) is 0 Å². The third kappa shape index (κ3) is 4.80. The summed E-state index contributed by atoms with van der Waals surface area (Å²) in [4.78, 5) is 11.0. The van der Waals surface area contributed by atoms with Crippen LogP contribution in [0.25, 0.3) is 10.9 Å². The Morgan fingerprint density at radius 2 is 1.90 bits per heavy atom. The van der Waals surface area contributed by atoms with Crippen molar-refractivity contribution in [2.75, 3.05) is 53.7 Å². The maximum absolute atomic E-state index is 6.01. The first-order chi connectivity index (χ1) is 15.2. The van der Waals surface area contributed by atoms with Crippen LogP contribution in [0.1, 0.15) is 12.0 Å². The molecule has 1 aliphatic heterocycles. The molecule has 0 saturated carbocycles. The molecule has 1 fully saturated rings. The number of methoxy groups -OCH3 is 2. The van der Waals surface area contributed by atoms with Crippen molar-refractivity contribution in [1.82, 2.24) is 25.1 Å². The first-order valence-corrected chi connectivity index (χ1v) is 10.2. The van der Waals surface area contributed by atoms with E-state index in [4.69, 9.17) is 23.7 Å². The van der Waals surface area contributed by atoms with E-state index in [1.165, 1.54) is 6.33 Å². The zero-order chi connectivity index (χ0) is 21.6. The predicted molar refractivity (Wildman–Crippen MR) is 113 cm³/mol. The van der Waals surface area contributed by atoms with Gasteiger partial charge in [-0.3, -0.25) is 4.90 Å². The Morgan fingerprint density at radius 1 is 1.06 bits per heavy atom. The molecule has 1 aliphatic rings. The lowest BCUT2D eigenvalue weighted by atomic mass is 10.2. The number of rotatable bonds is 9. The second-order valence-electron chi connectivity index (χ2n) is 7.14. The summed E-state index contributed by atoms with van der Waals surface area (Å²) in [6.07, 6.45) is 2.37. The Kier molecular flexibility index (Phi) is 6.68. The van der Waals surface area contributed by atoms with Crippen LogP contribution in [0.4, 0.5) is 0 Å². The second kappa shape index (κ2) is 9.80. The van der Waals surface area contributed by atoms with E-state index in [0.717, 1.165) is 44.8 Å². The number of aromatic nitrogens is 4. The predicted octanol–water partition coefficient (Wildman–Crippen LogP) is 2.57. The molecule has 1 aromatic carbocycles. The van der Waals surface area contributed by atoms with Crippen LogP contribution in [-0.2, 0) is 4.74 Å². The SMILES string of the molecule is COc1cc2c(Oc3[nH]nc(OC)c3C)ncnc2cc1OCCCN1CCOCC1. The molecular weight excluding hydrogens is 402 g/mol. The number of hydrogen-bond donors (Lipinski definition) is 1. The maximum Gasteiger partial charge on any atom is 0.239 e. The molecule has 0 bridgehead atoms. The summed E-state index contributed by atoms with van der Waals surface area (Å²) < 4.78 is 28.1. The van der Waals surface area contributed by atoms with Gasteiger partial charge in [-0.25, -0.2) is 15.1 Å². The number of H-pyrrole nitrogens is 1. The Balaban J connectivity index is 1.48. The highest BCUT2D eigenvalue weighted by Crippen LogP contribution is 2.37. The Bertz CT molecular complexity index is 1020. The fourth-order valence-electron chi connectivity index (χ4n) is 3.45. The van der Waals surface area contributed by atoms with E-state index in [0.29, 0.717) is 46.6 Å². The summed E-state index contributed by atoms with van der Waals surface area (Å²) in [7, 11) is 3.16. The second-order valence-corrected chi connectivity index (χ2v) is 7.14. The third-order valence-corrected chi connectivity index (χ3v) is 5.18. The normalized spacial score (nSPS) is 14.5. The zero-order valence-electron chi connectivity index (χ0n) is 18.0. The van der Waals surface area contributed by atoms with Crippen molar-refractivity contribution < 1.29 is 23.7 Å². The van der Waals surface area contributed by atoms with E-state index >= 15 is 0 Å². The largest absolute Gasteiger partial charge is 0.493 e. The molecule has 3 aromatic rings. The van der Waals surface area contributed by atoms with Crippen molar-refractivity contribution in [1.29, 1.82) is 0 Å². The Labute approximate surface area is 180 Å². The number of fused-ring (bicyclic) bond motifs is 1. The van der Waals surface area contributed by atoms with Crippen molar-refractivity contribution in [3.8, 4) is 29.1 Å². The highest BCUT2D eigenvalue weighted by Gasteiger charge is 2.17. The van der Waals surface area contributed by atoms with Gasteiger partial charge in [0.1, 0.15) is 6.33 Å². The van der Waals surface area contributed by atoms with Crippen LogP contribution in [0.5, 0.6) is 29.1 Å². The van der Waals surface area contributed by atoms with Crippen LogP contribution in [0, 0.1) is 6.92 Å². The van der Waals surface area contributed by atoms with Crippen molar-refractivity contribution in [3.63, 3.8) is 0 Å². The number of nitrogens with one attached hydrogen (secondary N) is 1. The smallest absolute Gasteiger partial charge is 0.239 e. The van der Waals surface area contributed by atoms with Crippen LogP contribution in [0.15, 0.2) is 18.5 Å². The molecule has 0 aliphatic carbocycles. The van der Waals surface area contributed by atoms with E-state index in [-0.39, 0.29) is 0 Å². The molecule has 2 aromatic heterocycles. The molecule has 0 spiro atoms. The lowest BCUT2D eigenvalue weighted by Crippen LogP contribution is -2.37. The van der Waals surface area contributed by atoms with Gasteiger partial charge in [-0.1, -0.05) is 0 Å². The third-order valence-electron chi connectivity index (χ3n) is 5.18. The average Bonchev–Trinajstić information content (AvgIpc) is 3.16. The molecule has 10 nitrogen and oxygen atoms in total. The van der Waals surface area contributed by atoms with E-state index in [2.05, 4.69) is 25.1 Å². The van der Waals surface area contributed by atoms with Crippen LogP contribution >= 0.6 is 0 Å². The van der Waals surface area contributed by atoms with E-state index in [1.54, 1.807) is 14.2 Å². The zero-order valence-corrected chi connectivity index (χ0v) is 18.0. The number of nitrogens with zero attached hydrogens (tertiary/aromatic N) is 4. The van der Waals surface area contributed by atoms with E-state index in [9.17, 15) is 0 Å². The Hall–Kier alpha value is -3.11. The standard InChI is InChI=1S/C21H27N5O5/c1-14-19(28-3)24-25-20(14)31-21-15-11-17(27-2)18(12-16(15)22-13-23-21)30-8-4-5-26-6-9-29-10-7-26/h11-13H,4-10H2,1-3H3,(H,24,25). The van der Waals surface area contributed by atoms with E-state index < -0.39 is 0 Å². The lowest BCUT2D eigenvalue weighted by Gasteiger charge is -2.26. The highest BCUT2D eigenvalue weighted by atomic mass is 16.5. The molecule has 4 rings (SSSR count). The lowest BCUT2D eigenvalue weighted by molar-refractivity contribution is 0.0357. The van der Waals surface area contributed by atoms with Crippen LogP contribution in [-0.4, -0.2) is 78.7 Å². The van der Waals surface area contributed by atoms with Crippen molar-refractivity contribution in [3.05, 3.63) is 24.0 Å². The van der Waals surface area contributed by atoms with Gasteiger partial charge in [0.2, 0.25) is 17.6 Å². The van der Waals surface area contributed by atoms with Crippen LogP contribution in [0.3, 0.4) is 0 Å². The minimum atomic E-state index is 0.386. The monoisotopic (exact) mass is 429 g/mol. The summed E-state index contributed by atoms with van der Waals surface area (Å²) >= 11 is 0. The molecule has 0 unspecified atom stereocenters. The summed E-state index contributed by atoms with van der Waals surface area (Å²) in [5.74, 6) is 2.55. The van der Waals surface area contributed by atoms with Gasteiger partial charge in [-0.05, 0) is 19.4 Å². The van der Waals surface area contributed by atoms with Gasteiger partial charge in [0.05, 0.1) is 50.5 Å².